The van der Waals surface area contributed by atoms with Gasteiger partial charge in [0.2, 0.25) is 0 Å². The van der Waals surface area contributed by atoms with E-state index in [0.717, 1.165) is 0 Å². The highest BCUT2D eigenvalue weighted by molar-refractivity contribution is 7.13. The second kappa shape index (κ2) is 5.85. The number of nitrogens with one attached hydrogen (secondary N) is 1. The van der Waals surface area contributed by atoms with Gasteiger partial charge in [0.1, 0.15) is 15.5 Å². The SMILES string of the molecule is COC(=O)c1sccc1NC(=O)c1sccc1OC. The van der Waals surface area contributed by atoms with Gasteiger partial charge in [0.25, 0.3) is 5.91 Å². The lowest BCUT2D eigenvalue weighted by molar-refractivity contribution is 0.0607. The van der Waals surface area contributed by atoms with Crippen molar-refractivity contribution in [1.82, 2.24) is 0 Å². The molecule has 0 saturated heterocycles. The summed E-state index contributed by atoms with van der Waals surface area (Å²) >= 11 is 2.49. The Bertz CT molecular complexity index is 602. The summed E-state index contributed by atoms with van der Waals surface area (Å²) in [5.74, 6) is -0.267. The van der Waals surface area contributed by atoms with Crippen LogP contribution in [0.1, 0.15) is 19.3 Å². The minimum absolute atomic E-state index is 0.310. The molecule has 0 aliphatic rings. The van der Waals surface area contributed by atoms with E-state index in [1.54, 1.807) is 22.9 Å². The van der Waals surface area contributed by atoms with Crippen LogP contribution >= 0.6 is 22.7 Å². The van der Waals surface area contributed by atoms with Crippen LogP contribution in [0.25, 0.3) is 0 Å². The molecule has 0 radical (unpaired) electrons. The Morgan fingerprint density at radius 1 is 1.11 bits per heavy atom. The van der Waals surface area contributed by atoms with Crippen LogP contribution in [0.4, 0.5) is 5.69 Å². The van der Waals surface area contributed by atoms with E-state index >= 15 is 0 Å². The number of carbonyl (C=O) groups excluding carboxylic acids is 2. The smallest absolute Gasteiger partial charge is 0.350 e. The van der Waals surface area contributed by atoms with E-state index in [9.17, 15) is 9.59 Å². The minimum atomic E-state index is -0.469. The number of carbonyl (C=O) groups is 2. The van der Waals surface area contributed by atoms with Crippen molar-refractivity contribution in [2.45, 2.75) is 0 Å². The Morgan fingerprint density at radius 3 is 2.47 bits per heavy atom. The molecule has 5 nitrogen and oxygen atoms in total. The molecule has 0 fully saturated rings. The van der Waals surface area contributed by atoms with Crippen molar-refractivity contribution in [1.29, 1.82) is 0 Å². The van der Waals surface area contributed by atoms with E-state index in [2.05, 4.69) is 10.1 Å². The van der Waals surface area contributed by atoms with Crippen molar-refractivity contribution < 1.29 is 19.1 Å². The number of thiophene rings is 2. The van der Waals surface area contributed by atoms with Crippen molar-refractivity contribution in [2.75, 3.05) is 19.5 Å². The zero-order valence-corrected chi connectivity index (χ0v) is 11.9. The first-order chi connectivity index (χ1) is 9.17. The van der Waals surface area contributed by atoms with Crippen molar-refractivity contribution in [2.24, 2.45) is 0 Å². The Balaban J connectivity index is 2.20. The maximum atomic E-state index is 12.1. The number of esters is 1. The van der Waals surface area contributed by atoms with Gasteiger partial charge in [-0.3, -0.25) is 4.79 Å². The van der Waals surface area contributed by atoms with Gasteiger partial charge in [-0.2, -0.15) is 0 Å². The van der Waals surface area contributed by atoms with E-state index in [1.165, 1.54) is 36.9 Å². The number of methoxy groups -OCH3 is 2. The van der Waals surface area contributed by atoms with Crippen LogP contribution in [0.2, 0.25) is 0 Å². The maximum absolute atomic E-state index is 12.1. The van der Waals surface area contributed by atoms with Crippen molar-refractivity contribution in [3.05, 3.63) is 32.6 Å². The summed E-state index contributed by atoms with van der Waals surface area (Å²) in [7, 11) is 2.80. The fraction of sp³-hybridized carbons (Fsp3) is 0.167. The zero-order valence-electron chi connectivity index (χ0n) is 10.3. The zero-order chi connectivity index (χ0) is 13.8. The molecule has 1 amide bonds. The van der Waals surface area contributed by atoms with Gasteiger partial charge >= 0.3 is 5.97 Å². The van der Waals surface area contributed by atoms with E-state index < -0.39 is 5.97 Å². The number of rotatable bonds is 4. The van der Waals surface area contributed by atoms with Crippen LogP contribution in [0, 0.1) is 0 Å². The molecule has 0 aromatic carbocycles. The van der Waals surface area contributed by atoms with Crippen LogP contribution in [0.3, 0.4) is 0 Å². The first kappa shape index (κ1) is 13.6. The van der Waals surface area contributed by atoms with Crippen LogP contribution < -0.4 is 10.1 Å². The first-order valence-electron chi connectivity index (χ1n) is 5.26. The maximum Gasteiger partial charge on any atom is 0.350 e. The lowest BCUT2D eigenvalue weighted by atomic mass is 10.3. The molecule has 19 heavy (non-hydrogen) atoms. The van der Waals surface area contributed by atoms with Gasteiger partial charge in [-0.15, -0.1) is 22.7 Å². The van der Waals surface area contributed by atoms with Crippen LogP contribution in [-0.2, 0) is 4.74 Å². The second-order valence-corrected chi connectivity index (χ2v) is 5.26. The monoisotopic (exact) mass is 297 g/mol. The number of hydrogen-bond donors (Lipinski definition) is 1. The fourth-order valence-corrected chi connectivity index (χ4v) is 2.98. The number of amides is 1. The predicted octanol–water partition coefficient (Wildman–Crippen LogP) is 2.86. The summed E-state index contributed by atoms with van der Waals surface area (Å²) in [4.78, 5) is 24.4. The standard InChI is InChI=1S/C12H11NO4S2/c1-16-8-4-6-19-10(8)11(14)13-7-3-5-18-9(7)12(15)17-2/h3-6H,1-2H3,(H,13,14). The van der Waals surface area contributed by atoms with Gasteiger partial charge in [0.05, 0.1) is 19.9 Å². The van der Waals surface area contributed by atoms with Gasteiger partial charge in [0, 0.05) is 0 Å². The summed E-state index contributed by atoms with van der Waals surface area (Å²) in [5.41, 5.74) is 0.442. The van der Waals surface area contributed by atoms with Crippen molar-refractivity contribution >= 4 is 40.2 Å². The average molecular weight is 297 g/mol. The minimum Gasteiger partial charge on any atom is -0.495 e. The van der Waals surface area contributed by atoms with E-state index in [0.29, 0.717) is 21.2 Å². The van der Waals surface area contributed by atoms with Gasteiger partial charge in [-0.05, 0) is 22.9 Å². The lowest BCUT2D eigenvalue weighted by Crippen LogP contribution is -2.13. The highest BCUT2D eigenvalue weighted by Gasteiger charge is 2.19. The summed E-state index contributed by atoms with van der Waals surface area (Å²) in [6.07, 6.45) is 0. The molecule has 0 saturated carbocycles. The number of hydrogen-bond acceptors (Lipinski definition) is 6. The van der Waals surface area contributed by atoms with Gasteiger partial charge in [-0.25, -0.2) is 4.79 Å². The molecular formula is C12H11NO4S2. The van der Waals surface area contributed by atoms with E-state index in [1.807, 2.05) is 0 Å². The van der Waals surface area contributed by atoms with Crippen molar-refractivity contribution in [3.8, 4) is 5.75 Å². The Labute approximate surface area is 117 Å². The van der Waals surface area contributed by atoms with Crippen LogP contribution in [0.5, 0.6) is 5.75 Å². The number of anilines is 1. The Kier molecular flexibility index (Phi) is 4.18. The molecule has 100 valence electrons. The van der Waals surface area contributed by atoms with E-state index in [4.69, 9.17) is 4.74 Å². The normalized spacial score (nSPS) is 10.0. The lowest BCUT2D eigenvalue weighted by Gasteiger charge is -2.05. The molecule has 2 rings (SSSR count). The fourth-order valence-electron chi connectivity index (χ4n) is 1.46. The highest BCUT2D eigenvalue weighted by atomic mass is 32.1. The summed E-state index contributed by atoms with van der Waals surface area (Å²) in [5, 5.41) is 6.17. The summed E-state index contributed by atoms with van der Waals surface area (Å²) in [6.45, 7) is 0. The molecule has 0 spiro atoms. The predicted molar refractivity (Wildman–Crippen MR) is 74.5 cm³/mol. The second-order valence-electron chi connectivity index (χ2n) is 3.43. The Hall–Kier alpha value is -1.86. The highest BCUT2D eigenvalue weighted by Crippen LogP contribution is 2.28. The third-order valence-corrected chi connectivity index (χ3v) is 4.13. The molecule has 7 heteroatoms. The molecule has 0 unspecified atom stereocenters. The van der Waals surface area contributed by atoms with Crippen LogP contribution in [-0.4, -0.2) is 26.1 Å². The molecule has 0 aliphatic carbocycles. The molecule has 1 N–H and O–H groups in total. The molecule has 2 heterocycles. The molecule has 0 aliphatic heterocycles. The average Bonchev–Trinajstić information content (AvgIpc) is 3.05. The summed E-state index contributed by atoms with van der Waals surface area (Å²) in [6, 6.07) is 3.38. The van der Waals surface area contributed by atoms with Crippen molar-refractivity contribution in [3.63, 3.8) is 0 Å². The quantitative estimate of drug-likeness (QED) is 0.881. The molecule has 0 atom stereocenters. The van der Waals surface area contributed by atoms with Crippen LogP contribution in [0.15, 0.2) is 22.9 Å². The largest absolute Gasteiger partial charge is 0.495 e. The third-order valence-electron chi connectivity index (χ3n) is 2.34. The topological polar surface area (TPSA) is 64.6 Å². The first-order valence-corrected chi connectivity index (χ1v) is 7.02. The summed E-state index contributed by atoms with van der Waals surface area (Å²) < 4.78 is 9.74. The molecular weight excluding hydrogens is 286 g/mol. The van der Waals surface area contributed by atoms with Gasteiger partial charge < -0.3 is 14.8 Å². The molecule has 0 bridgehead atoms. The third kappa shape index (κ3) is 2.77. The number of ether oxygens (including phenoxy) is 2. The van der Waals surface area contributed by atoms with E-state index in [-0.39, 0.29) is 5.91 Å². The van der Waals surface area contributed by atoms with Gasteiger partial charge in [-0.1, -0.05) is 0 Å². The Morgan fingerprint density at radius 2 is 1.79 bits per heavy atom. The molecule has 2 aromatic heterocycles. The van der Waals surface area contributed by atoms with Gasteiger partial charge in [0.15, 0.2) is 0 Å². The molecule has 2 aromatic rings.